The van der Waals surface area contributed by atoms with Crippen LogP contribution in [0.5, 0.6) is 0 Å². The topological polar surface area (TPSA) is 125 Å². The number of nitrogens with one attached hydrogen (secondary N) is 3. The fraction of sp³-hybridized carbons (Fsp3) is 0.227. The lowest BCUT2D eigenvalue weighted by Gasteiger charge is -2.24. The Morgan fingerprint density at radius 2 is 1.81 bits per heavy atom. The van der Waals surface area contributed by atoms with Gasteiger partial charge in [-0.2, -0.15) is 0 Å². The molecule has 9 nitrogen and oxygen atoms in total. The molecule has 0 radical (unpaired) electrons. The minimum absolute atomic E-state index is 0.182. The molecule has 3 aliphatic rings. The predicted octanol–water partition coefficient (Wildman–Crippen LogP) is 1.28. The van der Waals surface area contributed by atoms with Crippen molar-refractivity contribution in [2.45, 2.75) is 24.4 Å². The number of anilines is 1. The number of hydrogen-bond acceptors (Lipinski definition) is 6. The number of carbonyl (C=O) groups excluding carboxylic acids is 5. The summed E-state index contributed by atoms with van der Waals surface area (Å²) >= 11 is 1.52. The van der Waals surface area contributed by atoms with Gasteiger partial charge in [-0.3, -0.25) is 29.3 Å². The van der Waals surface area contributed by atoms with Gasteiger partial charge in [-0.1, -0.05) is 18.2 Å². The molecule has 5 rings (SSSR count). The molecule has 2 aromatic rings. The zero-order valence-corrected chi connectivity index (χ0v) is 17.7. The van der Waals surface area contributed by atoms with Gasteiger partial charge in [-0.15, -0.1) is 11.8 Å². The molecule has 2 aromatic carbocycles. The third-order valence-corrected chi connectivity index (χ3v) is 7.06. The molecule has 10 heteroatoms. The standard InChI is InChI=1S/C22H18N4O5S/c1-10(17(27)24-11-6-7-12-15(8-11)19(29)25-18(12)28)23-20(30)16-9-32-22-14-5-3-2-4-13(14)21(31)26(16)22/h2-8,10,16,22H,9H2,1H3,(H,23,30)(H,24,27)(H,25,28,29). The number of hydrogen-bond donors (Lipinski definition) is 3. The van der Waals surface area contributed by atoms with E-state index in [1.165, 1.54) is 36.9 Å². The van der Waals surface area contributed by atoms with Crippen molar-refractivity contribution in [1.29, 1.82) is 0 Å². The van der Waals surface area contributed by atoms with Gasteiger partial charge in [0.1, 0.15) is 17.5 Å². The highest BCUT2D eigenvalue weighted by atomic mass is 32.2. The average Bonchev–Trinajstić information content (AvgIpc) is 3.42. The molecule has 0 aromatic heterocycles. The van der Waals surface area contributed by atoms with Crippen LogP contribution in [0.4, 0.5) is 5.69 Å². The molecule has 3 aliphatic heterocycles. The van der Waals surface area contributed by atoms with Crippen LogP contribution in [0.25, 0.3) is 0 Å². The Kier molecular flexibility index (Phi) is 4.74. The van der Waals surface area contributed by atoms with Crippen molar-refractivity contribution < 1.29 is 24.0 Å². The lowest BCUT2D eigenvalue weighted by molar-refractivity contribution is -0.128. The van der Waals surface area contributed by atoms with E-state index in [-0.39, 0.29) is 22.4 Å². The maximum atomic E-state index is 12.9. The molecule has 3 unspecified atom stereocenters. The first kappa shape index (κ1) is 20.3. The Morgan fingerprint density at radius 1 is 1.06 bits per heavy atom. The van der Waals surface area contributed by atoms with Crippen molar-refractivity contribution in [2.24, 2.45) is 0 Å². The Hall–Kier alpha value is -3.66. The Morgan fingerprint density at radius 3 is 2.62 bits per heavy atom. The van der Waals surface area contributed by atoms with E-state index in [0.717, 1.165) is 5.56 Å². The summed E-state index contributed by atoms with van der Waals surface area (Å²) in [5.74, 6) is -1.62. The molecule has 0 bridgehead atoms. The van der Waals surface area contributed by atoms with Gasteiger partial charge in [0.2, 0.25) is 11.8 Å². The fourth-order valence-corrected chi connectivity index (χ4v) is 5.58. The molecule has 1 saturated heterocycles. The minimum atomic E-state index is -0.879. The van der Waals surface area contributed by atoms with Crippen molar-refractivity contribution in [2.75, 3.05) is 11.1 Å². The minimum Gasteiger partial charge on any atom is -0.343 e. The van der Waals surface area contributed by atoms with E-state index in [1.54, 1.807) is 17.0 Å². The first-order valence-corrected chi connectivity index (χ1v) is 11.0. The van der Waals surface area contributed by atoms with Crippen molar-refractivity contribution >= 4 is 47.0 Å². The van der Waals surface area contributed by atoms with Gasteiger partial charge in [-0.05, 0) is 36.8 Å². The predicted molar refractivity (Wildman–Crippen MR) is 116 cm³/mol. The number of fused-ring (bicyclic) bond motifs is 4. The molecule has 0 spiro atoms. The van der Waals surface area contributed by atoms with Gasteiger partial charge < -0.3 is 15.5 Å². The second kappa shape index (κ2) is 7.49. The summed E-state index contributed by atoms with van der Waals surface area (Å²) in [5.41, 5.74) is 2.28. The van der Waals surface area contributed by atoms with E-state index in [2.05, 4.69) is 16.0 Å². The van der Waals surface area contributed by atoms with E-state index in [1.807, 2.05) is 12.1 Å². The van der Waals surface area contributed by atoms with Crippen LogP contribution in [0.3, 0.4) is 0 Å². The smallest absolute Gasteiger partial charge is 0.259 e. The molecular formula is C22H18N4O5S. The van der Waals surface area contributed by atoms with Gasteiger partial charge in [0.05, 0.1) is 11.1 Å². The van der Waals surface area contributed by atoms with Gasteiger partial charge in [0, 0.05) is 17.0 Å². The maximum Gasteiger partial charge on any atom is 0.259 e. The molecule has 0 saturated carbocycles. The molecule has 32 heavy (non-hydrogen) atoms. The van der Waals surface area contributed by atoms with Crippen LogP contribution in [0, 0.1) is 0 Å². The van der Waals surface area contributed by atoms with Crippen LogP contribution in [-0.4, -0.2) is 52.3 Å². The number of imide groups is 1. The third-order valence-electron chi connectivity index (χ3n) is 5.75. The summed E-state index contributed by atoms with van der Waals surface area (Å²) in [4.78, 5) is 63.3. The summed E-state index contributed by atoms with van der Waals surface area (Å²) in [6.07, 6.45) is 0. The molecule has 3 heterocycles. The maximum absolute atomic E-state index is 12.9. The first-order chi connectivity index (χ1) is 15.3. The fourth-order valence-electron chi connectivity index (χ4n) is 4.11. The summed E-state index contributed by atoms with van der Waals surface area (Å²) in [7, 11) is 0. The molecule has 0 aliphatic carbocycles. The highest BCUT2D eigenvalue weighted by Crippen LogP contribution is 2.48. The number of benzene rings is 2. The number of nitrogens with zero attached hydrogens (tertiary/aromatic N) is 1. The quantitative estimate of drug-likeness (QED) is 0.603. The normalized spacial score (nSPS) is 21.5. The highest BCUT2D eigenvalue weighted by molar-refractivity contribution is 7.99. The van der Waals surface area contributed by atoms with Crippen molar-refractivity contribution in [1.82, 2.24) is 15.5 Å². The number of rotatable bonds is 4. The zero-order valence-electron chi connectivity index (χ0n) is 16.9. The molecule has 3 atom stereocenters. The van der Waals surface area contributed by atoms with E-state index >= 15 is 0 Å². The van der Waals surface area contributed by atoms with Crippen LogP contribution in [-0.2, 0) is 9.59 Å². The molecular weight excluding hydrogens is 432 g/mol. The van der Waals surface area contributed by atoms with Crippen molar-refractivity contribution in [3.05, 3.63) is 64.7 Å². The second-order valence-corrected chi connectivity index (χ2v) is 8.88. The van der Waals surface area contributed by atoms with Crippen molar-refractivity contribution in [3.63, 3.8) is 0 Å². The Bertz CT molecular complexity index is 1210. The zero-order chi connectivity index (χ0) is 22.6. The molecule has 5 amide bonds. The van der Waals surface area contributed by atoms with Gasteiger partial charge >= 0.3 is 0 Å². The van der Waals surface area contributed by atoms with Crippen molar-refractivity contribution in [3.8, 4) is 0 Å². The lowest BCUT2D eigenvalue weighted by atomic mass is 10.1. The van der Waals surface area contributed by atoms with Crippen LogP contribution < -0.4 is 16.0 Å². The highest BCUT2D eigenvalue weighted by Gasteiger charge is 2.48. The number of thioether (sulfide) groups is 1. The summed E-state index contributed by atoms with van der Waals surface area (Å²) in [6.45, 7) is 1.54. The second-order valence-electron chi connectivity index (χ2n) is 7.76. The van der Waals surface area contributed by atoms with E-state index < -0.39 is 35.7 Å². The average molecular weight is 450 g/mol. The molecule has 162 valence electrons. The van der Waals surface area contributed by atoms with E-state index in [9.17, 15) is 24.0 Å². The Balaban J connectivity index is 1.24. The van der Waals surface area contributed by atoms with Gasteiger partial charge in [0.15, 0.2) is 0 Å². The first-order valence-electron chi connectivity index (χ1n) is 9.99. The SMILES string of the molecule is CC(NC(=O)C1CSC2c3ccccc3C(=O)N12)C(=O)Nc1ccc2c(c1)C(=O)NC2=O. The lowest BCUT2D eigenvalue weighted by Crippen LogP contribution is -2.51. The summed E-state index contributed by atoms with van der Waals surface area (Å²) in [6, 6.07) is 10.2. The monoisotopic (exact) mass is 450 g/mol. The Labute approximate surface area is 186 Å². The van der Waals surface area contributed by atoms with E-state index in [4.69, 9.17) is 0 Å². The van der Waals surface area contributed by atoms with E-state index in [0.29, 0.717) is 17.0 Å². The van der Waals surface area contributed by atoms with Crippen LogP contribution in [0.1, 0.15) is 48.9 Å². The summed E-state index contributed by atoms with van der Waals surface area (Å²) in [5, 5.41) is 7.31. The largest absolute Gasteiger partial charge is 0.343 e. The summed E-state index contributed by atoms with van der Waals surface area (Å²) < 4.78 is 0. The van der Waals surface area contributed by atoms with Crippen LogP contribution in [0.15, 0.2) is 42.5 Å². The number of carbonyl (C=O) groups is 5. The molecule has 1 fully saturated rings. The molecule has 3 N–H and O–H groups in total. The van der Waals surface area contributed by atoms with Crippen LogP contribution in [0.2, 0.25) is 0 Å². The van der Waals surface area contributed by atoms with Crippen LogP contribution >= 0.6 is 11.8 Å². The third kappa shape index (κ3) is 3.14. The van der Waals surface area contributed by atoms with Gasteiger partial charge in [0.25, 0.3) is 17.7 Å². The van der Waals surface area contributed by atoms with Gasteiger partial charge in [-0.25, -0.2) is 0 Å². The number of amides is 5.